The van der Waals surface area contributed by atoms with E-state index in [0.717, 1.165) is 32.6 Å². The number of aryl methyl sites for hydroxylation is 1. The first-order valence-corrected chi connectivity index (χ1v) is 10.9. The molecule has 1 N–H and O–H groups in total. The fraction of sp³-hybridized carbons (Fsp3) is 0.708. The molecule has 0 radical (unpaired) electrons. The van der Waals surface area contributed by atoms with E-state index in [-0.39, 0.29) is 24.2 Å². The van der Waals surface area contributed by atoms with Crippen LogP contribution in [-0.2, 0) is 4.74 Å². The van der Waals surface area contributed by atoms with Crippen LogP contribution in [0.5, 0.6) is 0 Å². The maximum atomic E-state index is 13.1. The first-order valence-electron chi connectivity index (χ1n) is 10.9. The fourth-order valence-corrected chi connectivity index (χ4v) is 4.95. The monoisotopic (exact) mass is 402 g/mol. The zero-order valence-electron chi connectivity index (χ0n) is 18.9. The molecule has 3 atom stereocenters. The quantitative estimate of drug-likeness (QED) is 0.818. The number of likely N-dealkylation sites (tertiary alicyclic amines) is 2. The maximum absolute atomic E-state index is 13.1. The Kier molecular flexibility index (Phi) is 6.30. The molecule has 0 bridgehead atoms. The summed E-state index contributed by atoms with van der Waals surface area (Å²) >= 11 is 0. The zero-order valence-corrected chi connectivity index (χ0v) is 18.9. The van der Waals surface area contributed by atoms with E-state index in [1.807, 2.05) is 25.7 Å². The van der Waals surface area contributed by atoms with Crippen molar-refractivity contribution in [1.29, 1.82) is 0 Å². The lowest BCUT2D eigenvalue weighted by Gasteiger charge is -2.43. The molecule has 3 rings (SSSR count). The Labute approximate surface area is 176 Å². The smallest absolute Gasteiger partial charge is 0.410 e. The van der Waals surface area contributed by atoms with Crippen molar-refractivity contribution < 1.29 is 14.6 Å². The normalized spacial score (nSPS) is 25.8. The zero-order chi connectivity index (χ0) is 21.4. The van der Waals surface area contributed by atoms with E-state index in [1.165, 1.54) is 11.1 Å². The molecule has 0 unspecified atom stereocenters. The van der Waals surface area contributed by atoms with Crippen LogP contribution in [0.4, 0.5) is 4.79 Å². The number of hydrogen-bond donors (Lipinski definition) is 1. The second-order valence-corrected chi connectivity index (χ2v) is 10.7. The number of carbonyl (C=O) groups is 1. The van der Waals surface area contributed by atoms with Gasteiger partial charge in [-0.1, -0.05) is 38.1 Å². The second-order valence-electron chi connectivity index (χ2n) is 10.7. The first-order chi connectivity index (χ1) is 13.5. The molecule has 2 aliphatic heterocycles. The van der Waals surface area contributed by atoms with Gasteiger partial charge in [0.15, 0.2) is 0 Å². The molecular formula is C24H38N2O3. The van der Waals surface area contributed by atoms with Crippen LogP contribution >= 0.6 is 0 Å². The highest BCUT2D eigenvalue weighted by Gasteiger charge is 2.47. The van der Waals surface area contributed by atoms with Crippen LogP contribution in [0.2, 0.25) is 0 Å². The van der Waals surface area contributed by atoms with Gasteiger partial charge >= 0.3 is 6.09 Å². The summed E-state index contributed by atoms with van der Waals surface area (Å²) in [6.07, 6.45) is 0.792. The van der Waals surface area contributed by atoms with E-state index in [4.69, 9.17) is 4.74 Å². The summed E-state index contributed by atoms with van der Waals surface area (Å²) in [7, 11) is 0. The second kappa shape index (κ2) is 8.27. The van der Waals surface area contributed by atoms with Gasteiger partial charge in [0.05, 0.1) is 6.04 Å². The highest BCUT2D eigenvalue weighted by atomic mass is 16.6. The number of benzene rings is 1. The standard InChI is InChI=1S/C24H38N2O3/c1-17-9-7-8-10-19(17)21-20-14-25(15-24(5,6)16-27)13-18(20)11-12-26(21)22(28)29-23(2,3)4/h7-10,18,20-21,27H,11-16H2,1-6H3/t18-,20-,21+/m1/s1. The minimum atomic E-state index is -0.503. The largest absolute Gasteiger partial charge is 0.444 e. The van der Waals surface area contributed by atoms with Gasteiger partial charge in [0.2, 0.25) is 0 Å². The predicted octanol–water partition coefficient (Wildman–Crippen LogP) is 4.24. The number of ether oxygens (including phenoxy) is 1. The third-order valence-corrected chi connectivity index (χ3v) is 6.26. The van der Waals surface area contributed by atoms with E-state index < -0.39 is 5.60 Å². The molecule has 5 heteroatoms. The Morgan fingerprint density at radius 1 is 1.17 bits per heavy atom. The van der Waals surface area contributed by atoms with Crippen molar-refractivity contribution in [2.75, 3.05) is 32.8 Å². The number of aliphatic hydroxyl groups excluding tert-OH is 1. The van der Waals surface area contributed by atoms with Crippen LogP contribution in [0.15, 0.2) is 24.3 Å². The molecule has 1 aromatic carbocycles. The third-order valence-electron chi connectivity index (χ3n) is 6.26. The molecule has 2 fully saturated rings. The summed E-state index contributed by atoms with van der Waals surface area (Å²) in [6.45, 7) is 15.9. The fourth-order valence-electron chi connectivity index (χ4n) is 4.95. The number of amides is 1. The predicted molar refractivity (Wildman–Crippen MR) is 116 cm³/mol. The van der Waals surface area contributed by atoms with Crippen LogP contribution in [0.3, 0.4) is 0 Å². The van der Waals surface area contributed by atoms with Crippen LogP contribution in [0.25, 0.3) is 0 Å². The van der Waals surface area contributed by atoms with E-state index in [1.54, 1.807) is 0 Å². The number of aliphatic hydroxyl groups is 1. The summed E-state index contributed by atoms with van der Waals surface area (Å²) in [5, 5.41) is 9.71. The van der Waals surface area contributed by atoms with E-state index in [0.29, 0.717) is 11.8 Å². The van der Waals surface area contributed by atoms with Crippen molar-refractivity contribution in [3.8, 4) is 0 Å². The van der Waals surface area contributed by atoms with Crippen molar-refractivity contribution in [1.82, 2.24) is 9.80 Å². The maximum Gasteiger partial charge on any atom is 0.410 e. The van der Waals surface area contributed by atoms with Crippen LogP contribution in [0, 0.1) is 24.2 Å². The van der Waals surface area contributed by atoms with E-state index in [2.05, 4.69) is 49.9 Å². The van der Waals surface area contributed by atoms with Crippen molar-refractivity contribution >= 4 is 6.09 Å². The van der Waals surface area contributed by atoms with Gasteiger partial charge in [0, 0.05) is 44.1 Å². The highest BCUT2D eigenvalue weighted by molar-refractivity contribution is 5.69. The van der Waals surface area contributed by atoms with Gasteiger partial charge in [-0.2, -0.15) is 0 Å². The third kappa shape index (κ3) is 5.13. The lowest BCUT2D eigenvalue weighted by Crippen LogP contribution is -2.48. The van der Waals surface area contributed by atoms with Gasteiger partial charge in [0.1, 0.15) is 5.60 Å². The molecule has 29 heavy (non-hydrogen) atoms. The van der Waals surface area contributed by atoms with E-state index in [9.17, 15) is 9.90 Å². The van der Waals surface area contributed by atoms with Gasteiger partial charge in [-0.15, -0.1) is 0 Å². The minimum Gasteiger partial charge on any atom is -0.444 e. The summed E-state index contributed by atoms with van der Waals surface area (Å²) in [6, 6.07) is 8.46. The van der Waals surface area contributed by atoms with Crippen LogP contribution < -0.4 is 0 Å². The van der Waals surface area contributed by atoms with Crippen molar-refractivity contribution in [2.45, 2.75) is 59.6 Å². The average Bonchev–Trinajstić information content (AvgIpc) is 3.01. The Hall–Kier alpha value is -1.59. The average molecular weight is 403 g/mol. The topological polar surface area (TPSA) is 53.0 Å². The lowest BCUT2D eigenvalue weighted by atomic mass is 9.78. The molecule has 162 valence electrons. The highest BCUT2D eigenvalue weighted by Crippen LogP contribution is 2.45. The Bertz CT molecular complexity index is 725. The number of rotatable bonds is 4. The van der Waals surface area contributed by atoms with Gasteiger partial charge in [-0.25, -0.2) is 4.79 Å². The van der Waals surface area contributed by atoms with Crippen LogP contribution in [-0.4, -0.2) is 59.4 Å². The molecule has 1 aromatic rings. The van der Waals surface area contributed by atoms with Gasteiger partial charge in [-0.3, -0.25) is 0 Å². The number of fused-ring (bicyclic) bond motifs is 1. The van der Waals surface area contributed by atoms with Gasteiger partial charge < -0.3 is 19.6 Å². The van der Waals surface area contributed by atoms with Gasteiger partial charge in [0.25, 0.3) is 0 Å². The molecule has 0 aromatic heterocycles. The molecule has 0 aliphatic carbocycles. The molecular weight excluding hydrogens is 364 g/mol. The number of piperidine rings is 1. The van der Waals surface area contributed by atoms with Crippen molar-refractivity contribution in [2.24, 2.45) is 17.3 Å². The molecule has 5 nitrogen and oxygen atoms in total. The van der Waals surface area contributed by atoms with Crippen LogP contribution in [0.1, 0.15) is 58.2 Å². The lowest BCUT2D eigenvalue weighted by molar-refractivity contribution is -0.00541. The minimum absolute atomic E-state index is 0.0343. The number of nitrogens with zero attached hydrogens (tertiary/aromatic N) is 2. The first kappa shape index (κ1) is 22.1. The molecule has 0 saturated carbocycles. The molecule has 2 heterocycles. The van der Waals surface area contributed by atoms with Gasteiger partial charge in [-0.05, 0) is 51.2 Å². The summed E-state index contributed by atoms with van der Waals surface area (Å²) in [5.41, 5.74) is 1.84. The molecule has 1 amide bonds. The Balaban J connectivity index is 1.89. The Morgan fingerprint density at radius 3 is 2.48 bits per heavy atom. The SMILES string of the molecule is Cc1ccccc1[C@H]1[C@@H]2CN(CC(C)(C)CO)C[C@H]2CCN1C(=O)OC(C)(C)C. The molecule has 0 spiro atoms. The number of carbonyl (C=O) groups excluding carboxylic acids is 1. The summed E-state index contributed by atoms with van der Waals surface area (Å²) < 4.78 is 5.78. The summed E-state index contributed by atoms with van der Waals surface area (Å²) in [5.74, 6) is 0.944. The molecule has 2 aliphatic rings. The number of hydrogen-bond acceptors (Lipinski definition) is 4. The Morgan fingerprint density at radius 2 is 1.86 bits per heavy atom. The van der Waals surface area contributed by atoms with Crippen molar-refractivity contribution in [3.05, 3.63) is 35.4 Å². The van der Waals surface area contributed by atoms with Crippen molar-refractivity contribution in [3.63, 3.8) is 0 Å². The summed E-state index contributed by atoms with van der Waals surface area (Å²) in [4.78, 5) is 17.6. The van der Waals surface area contributed by atoms with E-state index >= 15 is 0 Å². The molecule has 2 saturated heterocycles.